The minimum Gasteiger partial charge on any atom is -0.506 e. The summed E-state index contributed by atoms with van der Waals surface area (Å²) in [4.78, 5) is 9.33. The summed E-state index contributed by atoms with van der Waals surface area (Å²) in [6, 6.07) is 7.52. The van der Waals surface area contributed by atoms with Gasteiger partial charge in [0.1, 0.15) is 18.1 Å². The van der Waals surface area contributed by atoms with Gasteiger partial charge in [-0.15, -0.1) is 34.2 Å². The molecule has 2 heterocycles. The summed E-state index contributed by atoms with van der Waals surface area (Å²) in [5.74, 6) is 3.01. The van der Waals surface area contributed by atoms with Crippen LogP contribution in [-0.2, 0) is 13.6 Å². The number of rotatable bonds is 6. The van der Waals surface area contributed by atoms with Gasteiger partial charge in [-0.05, 0) is 25.5 Å². The van der Waals surface area contributed by atoms with Crippen molar-refractivity contribution < 1.29 is 5.11 Å². The fourth-order valence-corrected chi connectivity index (χ4v) is 3.27. The first-order valence-corrected chi connectivity index (χ1v) is 10.0. The number of hydrogen-bond donors (Lipinski definition) is 2. The molecule has 29 heavy (non-hydrogen) atoms. The van der Waals surface area contributed by atoms with Crippen LogP contribution in [0.25, 0.3) is 0 Å². The summed E-state index contributed by atoms with van der Waals surface area (Å²) in [6.07, 6.45) is 2.25. The Hall–Kier alpha value is -2.04. The zero-order chi connectivity index (χ0) is 19.9. The number of anilines is 1. The van der Waals surface area contributed by atoms with Crippen LogP contribution in [0.3, 0.4) is 0 Å². The molecular weight excluding hydrogens is 481 g/mol. The van der Waals surface area contributed by atoms with E-state index in [1.54, 1.807) is 6.07 Å². The van der Waals surface area contributed by atoms with Crippen molar-refractivity contribution in [2.45, 2.75) is 33.2 Å². The zero-order valence-corrected chi connectivity index (χ0v) is 19.8. The summed E-state index contributed by atoms with van der Waals surface area (Å²) in [7, 11) is 1.97. The van der Waals surface area contributed by atoms with Crippen LogP contribution in [0, 0.1) is 6.92 Å². The highest BCUT2D eigenvalue weighted by Gasteiger charge is 2.21. The number of aliphatic imine (C=N–C) groups is 1. The number of guanidine groups is 1. The molecule has 0 unspecified atom stereocenters. The summed E-state index contributed by atoms with van der Waals surface area (Å²) in [6.45, 7) is 8.93. The topological polar surface area (TPSA) is 81.8 Å². The second kappa shape index (κ2) is 11.2. The van der Waals surface area contributed by atoms with Gasteiger partial charge in [0.2, 0.25) is 0 Å². The molecule has 0 atom stereocenters. The fourth-order valence-electron chi connectivity index (χ4n) is 3.27. The molecule has 0 bridgehead atoms. The Morgan fingerprint density at radius 1 is 1.17 bits per heavy atom. The lowest BCUT2D eigenvalue weighted by molar-refractivity contribution is 0.368. The molecule has 0 amide bonds. The van der Waals surface area contributed by atoms with Crippen LogP contribution in [0.2, 0.25) is 0 Å². The maximum atomic E-state index is 10.1. The monoisotopic (exact) mass is 513 g/mol. The lowest BCUT2D eigenvalue weighted by Crippen LogP contribution is -2.52. The average Bonchev–Trinajstić information content (AvgIpc) is 3.03. The van der Waals surface area contributed by atoms with Crippen molar-refractivity contribution in [3.63, 3.8) is 0 Å². The number of unbranched alkanes of at least 4 members (excludes halogenated alkanes) is 1. The maximum Gasteiger partial charge on any atom is 0.194 e. The van der Waals surface area contributed by atoms with Crippen LogP contribution in [-0.4, -0.2) is 63.5 Å². The van der Waals surface area contributed by atoms with E-state index in [0.717, 1.165) is 68.9 Å². The summed E-state index contributed by atoms with van der Waals surface area (Å²) < 4.78 is 1.98. The minimum atomic E-state index is 0. The van der Waals surface area contributed by atoms with Gasteiger partial charge >= 0.3 is 0 Å². The molecule has 2 aromatic rings. The highest BCUT2D eigenvalue weighted by Crippen LogP contribution is 2.27. The molecule has 0 spiro atoms. The van der Waals surface area contributed by atoms with Crippen LogP contribution >= 0.6 is 24.0 Å². The summed E-state index contributed by atoms with van der Waals surface area (Å²) in [5, 5.41) is 21.9. The van der Waals surface area contributed by atoms with Gasteiger partial charge in [-0.25, -0.2) is 4.99 Å². The molecule has 1 fully saturated rings. The van der Waals surface area contributed by atoms with Crippen molar-refractivity contribution >= 4 is 35.6 Å². The van der Waals surface area contributed by atoms with Crippen molar-refractivity contribution in [1.82, 2.24) is 25.0 Å². The summed E-state index contributed by atoms with van der Waals surface area (Å²) in [5.41, 5.74) is 0.897. The maximum absolute atomic E-state index is 10.1. The van der Waals surface area contributed by atoms with E-state index in [-0.39, 0.29) is 24.0 Å². The van der Waals surface area contributed by atoms with Gasteiger partial charge in [-0.3, -0.25) is 0 Å². The molecule has 2 N–H and O–H groups in total. The van der Waals surface area contributed by atoms with Crippen LogP contribution in [0.15, 0.2) is 29.3 Å². The van der Waals surface area contributed by atoms with Gasteiger partial charge in [0.05, 0.1) is 5.69 Å². The molecule has 0 saturated carbocycles. The van der Waals surface area contributed by atoms with E-state index < -0.39 is 0 Å². The van der Waals surface area contributed by atoms with Crippen molar-refractivity contribution in [2.24, 2.45) is 12.0 Å². The molecule has 1 aromatic heterocycles. The van der Waals surface area contributed by atoms with Gasteiger partial charge in [-0.2, -0.15) is 0 Å². The van der Waals surface area contributed by atoms with E-state index >= 15 is 0 Å². The third-order valence-electron chi connectivity index (χ3n) is 5.17. The number of piperazine rings is 1. The first kappa shape index (κ1) is 23.2. The van der Waals surface area contributed by atoms with E-state index in [9.17, 15) is 5.11 Å². The third-order valence-corrected chi connectivity index (χ3v) is 5.17. The number of aromatic hydroxyl groups is 1. The van der Waals surface area contributed by atoms with E-state index in [2.05, 4.69) is 32.2 Å². The molecule has 1 saturated heterocycles. The number of nitrogens with one attached hydrogen (secondary N) is 1. The number of phenols is 1. The number of aromatic nitrogens is 3. The standard InChI is InChI=1S/C20H31N7O.HI/c1-4-5-10-21-20(22-15-19-24-23-16(2)25(19)3)27-13-11-26(12-14-27)17-8-6-7-9-18(17)28;/h6-9,28H,4-5,10-15H2,1-3H3,(H,21,22);1H. The highest BCUT2D eigenvalue weighted by atomic mass is 127. The first-order valence-electron chi connectivity index (χ1n) is 10.0. The molecule has 0 radical (unpaired) electrons. The van der Waals surface area contributed by atoms with Crippen LogP contribution < -0.4 is 10.2 Å². The molecule has 1 aliphatic rings. The smallest absolute Gasteiger partial charge is 0.194 e. The predicted molar refractivity (Wildman–Crippen MR) is 127 cm³/mol. The number of para-hydroxylation sites is 2. The Morgan fingerprint density at radius 2 is 1.90 bits per heavy atom. The molecular formula is C20H32IN7O. The molecule has 160 valence electrons. The number of phenolic OH excluding ortho intramolecular Hbond substituents is 1. The molecule has 0 aliphatic carbocycles. The van der Waals surface area contributed by atoms with E-state index in [4.69, 9.17) is 4.99 Å². The average molecular weight is 513 g/mol. The van der Waals surface area contributed by atoms with Crippen LogP contribution in [0.4, 0.5) is 5.69 Å². The van der Waals surface area contributed by atoms with E-state index in [1.165, 1.54) is 0 Å². The van der Waals surface area contributed by atoms with E-state index in [1.807, 2.05) is 36.7 Å². The van der Waals surface area contributed by atoms with Gasteiger partial charge in [0.25, 0.3) is 0 Å². The lowest BCUT2D eigenvalue weighted by atomic mass is 10.2. The van der Waals surface area contributed by atoms with Crippen LogP contribution in [0.5, 0.6) is 5.75 Å². The number of halogens is 1. The van der Waals surface area contributed by atoms with Gasteiger partial charge in [0, 0.05) is 39.8 Å². The van der Waals surface area contributed by atoms with Gasteiger partial charge in [0.15, 0.2) is 11.8 Å². The second-order valence-corrected chi connectivity index (χ2v) is 7.11. The Morgan fingerprint density at radius 3 is 2.52 bits per heavy atom. The van der Waals surface area contributed by atoms with Crippen molar-refractivity contribution in [3.8, 4) is 5.75 Å². The third kappa shape index (κ3) is 5.97. The second-order valence-electron chi connectivity index (χ2n) is 7.11. The quantitative estimate of drug-likeness (QED) is 0.268. The molecule has 9 heteroatoms. The lowest BCUT2D eigenvalue weighted by Gasteiger charge is -2.38. The van der Waals surface area contributed by atoms with Crippen LogP contribution in [0.1, 0.15) is 31.4 Å². The minimum absolute atomic E-state index is 0. The normalized spacial score (nSPS) is 14.7. The number of hydrogen-bond acceptors (Lipinski definition) is 5. The first-order chi connectivity index (χ1) is 13.6. The Labute approximate surface area is 190 Å². The Kier molecular flexibility index (Phi) is 8.99. The molecule has 3 rings (SSSR count). The van der Waals surface area contributed by atoms with Gasteiger partial charge in [-0.1, -0.05) is 25.5 Å². The molecule has 8 nitrogen and oxygen atoms in total. The van der Waals surface area contributed by atoms with Crippen molar-refractivity contribution in [1.29, 1.82) is 0 Å². The van der Waals surface area contributed by atoms with Crippen molar-refractivity contribution in [3.05, 3.63) is 35.9 Å². The number of benzene rings is 1. The van der Waals surface area contributed by atoms with Gasteiger partial charge < -0.3 is 24.8 Å². The zero-order valence-electron chi connectivity index (χ0n) is 17.5. The SMILES string of the molecule is CCCCNC(=NCc1nnc(C)n1C)N1CCN(c2ccccc2O)CC1.I. The number of aryl methyl sites for hydroxylation is 1. The largest absolute Gasteiger partial charge is 0.506 e. The molecule has 1 aromatic carbocycles. The molecule has 1 aliphatic heterocycles. The fraction of sp³-hybridized carbons (Fsp3) is 0.550. The van der Waals surface area contributed by atoms with E-state index in [0.29, 0.717) is 12.3 Å². The Balaban J connectivity index is 0.00000300. The summed E-state index contributed by atoms with van der Waals surface area (Å²) >= 11 is 0. The Bertz CT molecular complexity index is 800. The predicted octanol–water partition coefficient (Wildman–Crippen LogP) is 2.52. The van der Waals surface area contributed by atoms with Crippen molar-refractivity contribution in [2.75, 3.05) is 37.6 Å². The highest BCUT2D eigenvalue weighted by molar-refractivity contribution is 14.0. The number of nitrogens with zero attached hydrogens (tertiary/aromatic N) is 6.